The van der Waals surface area contributed by atoms with Gasteiger partial charge in [0.15, 0.2) is 0 Å². The van der Waals surface area contributed by atoms with Crippen LogP contribution >= 0.6 is 0 Å². The third-order valence-corrected chi connectivity index (χ3v) is 5.44. The van der Waals surface area contributed by atoms with Crippen molar-refractivity contribution in [2.45, 2.75) is 63.6 Å². The van der Waals surface area contributed by atoms with Gasteiger partial charge < -0.3 is 9.47 Å². The molecule has 2 atom stereocenters. The lowest BCUT2D eigenvalue weighted by Crippen LogP contribution is -2.34. The summed E-state index contributed by atoms with van der Waals surface area (Å²) in [4.78, 5) is 0. The standard InChI is InChI=1S/C19H28O2/c1-14-3-5-15(6-4-14)17-9-12-19(21-13-17)16-7-10-18(20-2)11-8-16/h3-6,16-19H,7-13H2,1-2H3. The second kappa shape index (κ2) is 6.93. The van der Waals surface area contributed by atoms with Crippen LogP contribution in [0.15, 0.2) is 24.3 Å². The Morgan fingerprint density at radius 2 is 1.67 bits per heavy atom. The first kappa shape index (κ1) is 15.1. The monoisotopic (exact) mass is 288 g/mol. The zero-order valence-electron chi connectivity index (χ0n) is 13.4. The van der Waals surface area contributed by atoms with Crippen molar-refractivity contribution < 1.29 is 9.47 Å². The van der Waals surface area contributed by atoms with Crippen LogP contribution in [0.2, 0.25) is 0 Å². The number of aryl methyl sites for hydroxylation is 1. The topological polar surface area (TPSA) is 18.5 Å². The van der Waals surface area contributed by atoms with Crippen LogP contribution < -0.4 is 0 Å². The third-order valence-electron chi connectivity index (χ3n) is 5.44. The number of benzene rings is 1. The highest BCUT2D eigenvalue weighted by Crippen LogP contribution is 2.36. The zero-order chi connectivity index (χ0) is 14.7. The summed E-state index contributed by atoms with van der Waals surface area (Å²) < 4.78 is 11.7. The Morgan fingerprint density at radius 3 is 2.24 bits per heavy atom. The fourth-order valence-electron chi connectivity index (χ4n) is 3.94. The Labute approximate surface area is 128 Å². The van der Waals surface area contributed by atoms with Gasteiger partial charge in [0.05, 0.1) is 18.8 Å². The molecule has 21 heavy (non-hydrogen) atoms. The lowest BCUT2D eigenvalue weighted by Gasteiger charge is -2.37. The molecule has 2 unspecified atom stereocenters. The van der Waals surface area contributed by atoms with Gasteiger partial charge in [0.2, 0.25) is 0 Å². The van der Waals surface area contributed by atoms with Gasteiger partial charge >= 0.3 is 0 Å². The van der Waals surface area contributed by atoms with Crippen molar-refractivity contribution in [1.82, 2.24) is 0 Å². The highest BCUT2D eigenvalue weighted by Gasteiger charge is 2.31. The van der Waals surface area contributed by atoms with E-state index in [1.54, 1.807) is 0 Å². The SMILES string of the molecule is COC1CCC(C2CCC(c3ccc(C)cc3)CO2)CC1. The second-order valence-electron chi connectivity index (χ2n) is 6.83. The molecular weight excluding hydrogens is 260 g/mol. The molecule has 2 aliphatic rings. The van der Waals surface area contributed by atoms with E-state index < -0.39 is 0 Å². The number of hydrogen-bond donors (Lipinski definition) is 0. The average molecular weight is 288 g/mol. The van der Waals surface area contributed by atoms with Crippen molar-refractivity contribution in [3.8, 4) is 0 Å². The first-order valence-electron chi connectivity index (χ1n) is 8.47. The summed E-state index contributed by atoms with van der Waals surface area (Å²) in [7, 11) is 1.84. The molecule has 0 aromatic heterocycles. The summed E-state index contributed by atoms with van der Waals surface area (Å²) in [5.41, 5.74) is 2.78. The fourth-order valence-corrected chi connectivity index (χ4v) is 3.94. The number of ether oxygens (including phenoxy) is 2. The maximum absolute atomic E-state index is 6.24. The molecule has 2 nitrogen and oxygen atoms in total. The van der Waals surface area contributed by atoms with Crippen molar-refractivity contribution in [1.29, 1.82) is 0 Å². The van der Waals surface area contributed by atoms with E-state index >= 15 is 0 Å². The largest absolute Gasteiger partial charge is 0.381 e. The molecule has 0 bridgehead atoms. The molecule has 3 rings (SSSR count). The molecular formula is C19H28O2. The van der Waals surface area contributed by atoms with Crippen LogP contribution in [-0.2, 0) is 9.47 Å². The van der Waals surface area contributed by atoms with Gasteiger partial charge in [-0.15, -0.1) is 0 Å². The maximum Gasteiger partial charge on any atom is 0.0603 e. The second-order valence-corrected chi connectivity index (χ2v) is 6.83. The van der Waals surface area contributed by atoms with E-state index in [0.29, 0.717) is 18.1 Å². The summed E-state index contributed by atoms with van der Waals surface area (Å²) in [5, 5.41) is 0. The van der Waals surface area contributed by atoms with Crippen LogP contribution in [0.5, 0.6) is 0 Å². The molecule has 1 heterocycles. The Hall–Kier alpha value is -0.860. The molecule has 0 amide bonds. The van der Waals surface area contributed by atoms with E-state index in [-0.39, 0.29) is 0 Å². The smallest absolute Gasteiger partial charge is 0.0603 e. The predicted molar refractivity (Wildman–Crippen MR) is 85.6 cm³/mol. The van der Waals surface area contributed by atoms with E-state index in [2.05, 4.69) is 31.2 Å². The van der Waals surface area contributed by atoms with Crippen LogP contribution in [0.1, 0.15) is 55.6 Å². The zero-order valence-corrected chi connectivity index (χ0v) is 13.4. The summed E-state index contributed by atoms with van der Waals surface area (Å²) >= 11 is 0. The first-order valence-corrected chi connectivity index (χ1v) is 8.47. The van der Waals surface area contributed by atoms with Crippen LogP contribution in [0.25, 0.3) is 0 Å². The lowest BCUT2D eigenvalue weighted by atomic mass is 9.79. The molecule has 1 saturated carbocycles. The van der Waals surface area contributed by atoms with Crippen LogP contribution in [-0.4, -0.2) is 25.9 Å². The van der Waals surface area contributed by atoms with Crippen molar-refractivity contribution in [2.75, 3.05) is 13.7 Å². The quantitative estimate of drug-likeness (QED) is 0.817. The molecule has 0 radical (unpaired) electrons. The number of methoxy groups -OCH3 is 1. The molecule has 0 N–H and O–H groups in total. The lowest BCUT2D eigenvalue weighted by molar-refractivity contribution is -0.0532. The van der Waals surface area contributed by atoms with Crippen molar-refractivity contribution in [2.24, 2.45) is 5.92 Å². The van der Waals surface area contributed by atoms with Gasteiger partial charge in [-0.2, -0.15) is 0 Å². The van der Waals surface area contributed by atoms with Crippen LogP contribution in [0.4, 0.5) is 0 Å². The Bertz CT molecular complexity index is 423. The van der Waals surface area contributed by atoms with Gasteiger partial charge in [0, 0.05) is 13.0 Å². The highest BCUT2D eigenvalue weighted by molar-refractivity contribution is 5.24. The van der Waals surface area contributed by atoms with Gasteiger partial charge in [-0.1, -0.05) is 29.8 Å². The minimum Gasteiger partial charge on any atom is -0.381 e. The number of rotatable bonds is 3. The van der Waals surface area contributed by atoms with E-state index in [0.717, 1.165) is 12.5 Å². The van der Waals surface area contributed by atoms with Crippen molar-refractivity contribution in [3.05, 3.63) is 35.4 Å². The minimum atomic E-state index is 0.490. The summed E-state index contributed by atoms with van der Waals surface area (Å²) in [6.07, 6.45) is 8.45. The molecule has 1 aliphatic heterocycles. The Balaban J connectivity index is 1.50. The van der Waals surface area contributed by atoms with E-state index in [4.69, 9.17) is 9.47 Å². The fraction of sp³-hybridized carbons (Fsp3) is 0.684. The molecule has 0 spiro atoms. The normalized spacial score (nSPS) is 33.8. The minimum absolute atomic E-state index is 0.490. The van der Waals surface area contributed by atoms with Gasteiger partial charge in [-0.3, -0.25) is 0 Å². The molecule has 116 valence electrons. The Kier molecular flexibility index (Phi) is 4.97. The van der Waals surface area contributed by atoms with E-state index in [9.17, 15) is 0 Å². The average Bonchev–Trinajstić information content (AvgIpc) is 2.56. The Morgan fingerprint density at radius 1 is 0.952 bits per heavy atom. The maximum atomic E-state index is 6.24. The van der Waals surface area contributed by atoms with Crippen LogP contribution in [0.3, 0.4) is 0 Å². The summed E-state index contributed by atoms with van der Waals surface area (Å²) in [6.45, 7) is 3.05. The van der Waals surface area contributed by atoms with Gasteiger partial charge in [0.25, 0.3) is 0 Å². The third kappa shape index (κ3) is 3.67. The first-order chi connectivity index (χ1) is 10.3. The van der Waals surface area contributed by atoms with Crippen LogP contribution in [0, 0.1) is 12.8 Å². The van der Waals surface area contributed by atoms with Gasteiger partial charge in [-0.25, -0.2) is 0 Å². The van der Waals surface area contributed by atoms with Gasteiger partial charge in [0.1, 0.15) is 0 Å². The van der Waals surface area contributed by atoms with Gasteiger partial charge in [-0.05, 0) is 56.9 Å². The molecule has 1 aliphatic carbocycles. The van der Waals surface area contributed by atoms with E-state index in [1.165, 1.54) is 49.7 Å². The predicted octanol–water partition coefficient (Wildman–Crippen LogP) is 4.46. The van der Waals surface area contributed by atoms with E-state index in [1.807, 2.05) is 7.11 Å². The molecule has 1 saturated heterocycles. The summed E-state index contributed by atoms with van der Waals surface area (Å²) in [6, 6.07) is 8.97. The van der Waals surface area contributed by atoms with Crippen molar-refractivity contribution >= 4 is 0 Å². The summed E-state index contributed by atoms with van der Waals surface area (Å²) in [5.74, 6) is 1.35. The molecule has 1 aromatic rings. The molecule has 2 heteroatoms. The highest BCUT2D eigenvalue weighted by atomic mass is 16.5. The van der Waals surface area contributed by atoms with Crippen molar-refractivity contribution in [3.63, 3.8) is 0 Å². The molecule has 1 aromatic carbocycles. The molecule has 2 fully saturated rings. The number of hydrogen-bond acceptors (Lipinski definition) is 2.